The smallest absolute Gasteiger partial charge is 0.193 e. The monoisotopic (exact) mass is 253 g/mol. The van der Waals surface area contributed by atoms with E-state index in [2.05, 4.69) is 6.92 Å². The normalized spacial score (nSPS) is 11.4. The van der Waals surface area contributed by atoms with Gasteiger partial charge in [-0.25, -0.2) is 0 Å². The van der Waals surface area contributed by atoms with Crippen LogP contribution in [0.1, 0.15) is 29.8 Å². The van der Waals surface area contributed by atoms with E-state index in [0.29, 0.717) is 5.56 Å². The first kappa shape index (κ1) is 13.5. The fourth-order valence-electron chi connectivity index (χ4n) is 1.86. The van der Waals surface area contributed by atoms with E-state index in [1.54, 1.807) is 12.1 Å². The number of benzene rings is 2. The lowest BCUT2D eigenvalue weighted by atomic mass is 9.95. The number of aliphatic hydroxyl groups is 1. The zero-order chi connectivity index (χ0) is 14.0. The van der Waals surface area contributed by atoms with Gasteiger partial charge in [-0.15, -0.1) is 0 Å². The Labute approximate surface area is 113 Å². The highest BCUT2D eigenvalue weighted by Crippen LogP contribution is 2.21. The van der Waals surface area contributed by atoms with Crippen molar-refractivity contribution >= 4 is 5.78 Å². The highest BCUT2D eigenvalue weighted by atomic mass is 16.3. The number of hydrogen-bond donors (Lipinski definition) is 1. The van der Waals surface area contributed by atoms with Crippen molar-refractivity contribution in [2.75, 3.05) is 0 Å². The van der Waals surface area contributed by atoms with Crippen molar-refractivity contribution in [1.82, 2.24) is 0 Å². The van der Waals surface area contributed by atoms with Crippen molar-refractivity contribution in [2.45, 2.75) is 19.4 Å². The maximum atomic E-state index is 11.9. The fourth-order valence-corrected chi connectivity index (χ4v) is 1.86. The third kappa shape index (κ3) is 3.09. The topological polar surface area (TPSA) is 37.3 Å². The summed E-state index contributed by atoms with van der Waals surface area (Å²) in [5.41, 5.74) is 2.27. The molecule has 0 fully saturated rings. The Bertz CT molecular complexity index is 572. The molecule has 2 aromatic carbocycles. The molecule has 0 aliphatic heterocycles. The summed E-state index contributed by atoms with van der Waals surface area (Å²) in [5.74, 6) is -0.271. The predicted octanol–water partition coefficient (Wildman–Crippen LogP) is 3.49. The second-order valence-corrected chi connectivity index (χ2v) is 5.16. The van der Waals surface area contributed by atoms with E-state index in [0.717, 1.165) is 16.7 Å². The fraction of sp³-hybridized carbons (Fsp3) is 0.176. The van der Waals surface area contributed by atoms with Gasteiger partial charge in [0.05, 0.1) is 0 Å². The molecule has 19 heavy (non-hydrogen) atoms. The molecule has 2 rings (SSSR count). The molecule has 0 aromatic heterocycles. The predicted molar refractivity (Wildman–Crippen MR) is 77.0 cm³/mol. The molecule has 0 amide bonds. The molecule has 1 radical (unpaired) electrons. The zero-order valence-corrected chi connectivity index (χ0v) is 11.2. The molecule has 0 atom stereocenters. The van der Waals surface area contributed by atoms with Crippen LogP contribution in [-0.2, 0) is 0 Å². The van der Waals surface area contributed by atoms with Crippen LogP contribution in [0.25, 0.3) is 11.1 Å². The second kappa shape index (κ2) is 4.98. The van der Waals surface area contributed by atoms with E-state index in [9.17, 15) is 9.90 Å². The summed E-state index contributed by atoms with van der Waals surface area (Å²) in [6, 6.07) is 15.1. The number of Topliss-reactive ketones (excluding diaryl/α,β-unsaturated/α-hetero) is 1. The maximum absolute atomic E-state index is 11.9. The van der Waals surface area contributed by atoms with Crippen LogP contribution in [-0.4, -0.2) is 16.5 Å². The molecule has 2 heteroatoms. The second-order valence-electron chi connectivity index (χ2n) is 5.16. The largest absolute Gasteiger partial charge is 0.382 e. The number of carbonyl (C=O) groups is 1. The molecular formula is C17H17O2. The van der Waals surface area contributed by atoms with E-state index in [1.165, 1.54) is 13.8 Å². The number of ketones is 1. The summed E-state index contributed by atoms with van der Waals surface area (Å²) in [7, 11) is 0. The average Bonchev–Trinajstić information content (AvgIpc) is 2.38. The molecule has 2 nitrogen and oxygen atoms in total. The first-order valence-electron chi connectivity index (χ1n) is 6.17. The molecular weight excluding hydrogens is 236 g/mol. The van der Waals surface area contributed by atoms with Crippen molar-refractivity contribution in [1.29, 1.82) is 0 Å². The van der Waals surface area contributed by atoms with Crippen molar-refractivity contribution in [3.05, 3.63) is 66.6 Å². The standard InChI is InChI=1S/C17H17O2/c1-12-4-6-13(7-5-12)14-8-10-15(11-9-14)16(18)17(2,3)19/h4-11,19H,1H2,2-3H3. The van der Waals surface area contributed by atoms with Gasteiger partial charge in [-0.05, 0) is 37.5 Å². The van der Waals surface area contributed by atoms with Gasteiger partial charge >= 0.3 is 0 Å². The van der Waals surface area contributed by atoms with Gasteiger partial charge in [0.1, 0.15) is 5.60 Å². The number of hydrogen-bond acceptors (Lipinski definition) is 2. The zero-order valence-electron chi connectivity index (χ0n) is 11.2. The summed E-state index contributed by atoms with van der Waals surface area (Å²) < 4.78 is 0. The third-order valence-corrected chi connectivity index (χ3v) is 2.99. The van der Waals surface area contributed by atoms with Gasteiger partial charge in [0.25, 0.3) is 0 Å². The van der Waals surface area contributed by atoms with Gasteiger partial charge in [-0.1, -0.05) is 48.5 Å². The Balaban J connectivity index is 2.28. The van der Waals surface area contributed by atoms with Crippen LogP contribution in [0.4, 0.5) is 0 Å². The van der Waals surface area contributed by atoms with Gasteiger partial charge < -0.3 is 5.11 Å². The van der Waals surface area contributed by atoms with Crippen molar-refractivity contribution in [2.24, 2.45) is 0 Å². The lowest BCUT2D eigenvalue weighted by Gasteiger charge is -2.15. The Hall–Kier alpha value is -1.93. The minimum absolute atomic E-state index is 0.271. The van der Waals surface area contributed by atoms with E-state index < -0.39 is 5.60 Å². The van der Waals surface area contributed by atoms with Crippen molar-refractivity contribution < 1.29 is 9.90 Å². The lowest BCUT2D eigenvalue weighted by molar-refractivity contribution is 0.0488. The summed E-state index contributed by atoms with van der Waals surface area (Å²) in [5, 5.41) is 9.70. The van der Waals surface area contributed by atoms with E-state index in [1.807, 2.05) is 36.4 Å². The van der Waals surface area contributed by atoms with E-state index in [-0.39, 0.29) is 5.78 Å². The SMILES string of the molecule is [CH2]c1ccc(-c2ccc(C(=O)C(C)(C)O)cc2)cc1. The van der Waals surface area contributed by atoms with Crippen LogP contribution >= 0.6 is 0 Å². The van der Waals surface area contributed by atoms with Crippen LogP contribution in [0.15, 0.2) is 48.5 Å². The Kier molecular flexibility index (Phi) is 3.54. The molecule has 1 N–H and O–H groups in total. The number of rotatable bonds is 3. The highest BCUT2D eigenvalue weighted by Gasteiger charge is 2.24. The van der Waals surface area contributed by atoms with Crippen molar-refractivity contribution in [3.63, 3.8) is 0 Å². The maximum Gasteiger partial charge on any atom is 0.193 e. The van der Waals surface area contributed by atoms with Crippen LogP contribution in [0.3, 0.4) is 0 Å². The Morgan fingerprint density at radius 2 is 1.37 bits per heavy atom. The minimum Gasteiger partial charge on any atom is -0.382 e. The quantitative estimate of drug-likeness (QED) is 0.850. The molecule has 0 aliphatic rings. The molecule has 0 saturated carbocycles. The lowest BCUT2D eigenvalue weighted by Crippen LogP contribution is -2.30. The van der Waals surface area contributed by atoms with Crippen LogP contribution in [0.2, 0.25) is 0 Å². The molecule has 97 valence electrons. The van der Waals surface area contributed by atoms with Gasteiger partial charge in [-0.3, -0.25) is 4.79 Å². The van der Waals surface area contributed by atoms with Crippen LogP contribution < -0.4 is 0 Å². The summed E-state index contributed by atoms with van der Waals surface area (Å²) in [6.07, 6.45) is 0. The molecule has 2 aromatic rings. The van der Waals surface area contributed by atoms with Crippen molar-refractivity contribution in [3.8, 4) is 11.1 Å². The van der Waals surface area contributed by atoms with Crippen LogP contribution in [0, 0.1) is 6.92 Å². The summed E-state index contributed by atoms with van der Waals surface area (Å²) in [6.45, 7) is 6.84. The molecule has 0 aliphatic carbocycles. The molecule has 0 spiro atoms. The Morgan fingerprint density at radius 3 is 1.79 bits per heavy atom. The Morgan fingerprint density at radius 1 is 0.947 bits per heavy atom. The van der Waals surface area contributed by atoms with Crippen LogP contribution in [0.5, 0.6) is 0 Å². The molecule has 0 heterocycles. The summed E-state index contributed by atoms with van der Waals surface area (Å²) >= 11 is 0. The van der Waals surface area contributed by atoms with Gasteiger partial charge in [0, 0.05) is 5.56 Å². The highest BCUT2D eigenvalue weighted by molar-refractivity contribution is 6.02. The van der Waals surface area contributed by atoms with E-state index >= 15 is 0 Å². The molecule has 0 unspecified atom stereocenters. The number of carbonyl (C=O) groups excluding carboxylic acids is 1. The van der Waals surface area contributed by atoms with Gasteiger partial charge in [-0.2, -0.15) is 0 Å². The van der Waals surface area contributed by atoms with Gasteiger partial charge in [0.2, 0.25) is 0 Å². The first-order valence-corrected chi connectivity index (χ1v) is 6.17. The third-order valence-electron chi connectivity index (χ3n) is 2.99. The first-order chi connectivity index (χ1) is 8.88. The molecule has 0 bridgehead atoms. The molecule has 0 saturated heterocycles. The summed E-state index contributed by atoms with van der Waals surface area (Å²) in [4.78, 5) is 11.9. The minimum atomic E-state index is -1.34. The average molecular weight is 253 g/mol. The van der Waals surface area contributed by atoms with Gasteiger partial charge in [0.15, 0.2) is 5.78 Å². The van der Waals surface area contributed by atoms with E-state index in [4.69, 9.17) is 0 Å².